The number of hydrogen-bond donors (Lipinski definition) is 2. The second kappa shape index (κ2) is 9.26. The van der Waals surface area contributed by atoms with E-state index in [0.717, 1.165) is 24.2 Å². The molecule has 9 heteroatoms. The number of hydrogen-bond acceptors (Lipinski definition) is 5. The minimum Gasteiger partial charge on any atom is -0.465 e. The van der Waals surface area contributed by atoms with E-state index in [0.29, 0.717) is 18.7 Å². The molecule has 1 amide bonds. The molecule has 0 radical (unpaired) electrons. The number of amides is 1. The number of nitrogens with one attached hydrogen (secondary N) is 1. The molecule has 2 N–H and O–H groups in total. The smallest absolute Gasteiger partial charge is 0.404 e. The number of likely N-dealkylation sites (N-methyl/N-ethyl adjacent to an activating group) is 1. The van der Waals surface area contributed by atoms with Gasteiger partial charge < -0.3 is 15.3 Å². The Bertz CT molecular complexity index is 1020. The zero-order chi connectivity index (χ0) is 21.7. The fraction of sp³-hybridized carbons (Fsp3) is 0.333. The van der Waals surface area contributed by atoms with Crippen LogP contribution in [0.4, 0.5) is 4.79 Å². The van der Waals surface area contributed by atoms with Gasteiger partial charge in [0.2, 0.25) is 10.0 Å². The van der Waals surface area contributed by atoms with Crippen molar-refractivity contribution in [3.63, 3.8) is 0 Å². The first kappa shape index (κ1) is 21.8. The number of sulfonamides is 1. The van der Waals surface area contributed by atoms with Crippen molar-refractivity contribution in [3.8, 4) is 17.2 Å². The van der Waals surface area contributed by atoms with Crippen LogP contribution < -0.4 is 5.32 Å². The molecule has 0 bridgehead atoms. The Kier molecular flexibility index (Phi) is 6.72. The summed E-state index contributed by atoms with van der Waals surface area (Å²) in [6.07, 6.45) is -1.17. The lowest BCUT2D eigenvalue weighted by Crippen LogP contribution is -2.46. The van der Waals surface area contributed by atoms with Gasteiger partial charge in [-0.3, -0.25) is 0 Å². The Balaban J connectivity index is 1.73. The Hall–Kier alpha value is -2.93. The first-order valence-corrected chi connectivity index (χ1v) is 11.0. The molecule has 1 aliphatic rings. The zero-order valence-electron chi connectivity index (χ0n) is 16.7. The summed E-state index contributed by atoms with van der Waals surface area (Å²) in [5.41, 5.74) is 2.45. The van der Waals surface area contributed by atoms with Gasteiger partial charge in [-0.25, -0.2) is 13.2 Å². The predicted molar refractivity (Wildman–Crippen MR) is 113 cm³/mol. The molecule has 1 saturated heterocycles. The van der Waals surface area contributed by atoms with Crippen LogP contribution in [0.1, 0.15) is 11.5 Å². The van der Waals surface area contributed by atoms with Crippen LogP contribution in [-0.4, -0.2) is 68.6 Å². The normalized spacial score (nSPS) is 16.5. The van der Waals surface area contributed by atoms with E-state index >= 15 is 0 Å². The molecule has 8 nitrogen and oxygen atoms in total. The Morgan fingerprint density at radius 1 is 1.07 bits per heavy atom. The van der Waals surface area contributed by atoms with E-state index in [-0.39, 0.29) is 11.4 Å². The maximum Gasteiger partial charge on any atom is 0.404 e. The second-order valence-corrected chi connectivity index (χ2v) is 9.16. The number of carboxylic acid groups (broad SMARTS) is 1. The molecule has 0 spiro atoms. The second-order valence-electron chi connectivity index (χ2n) is 7.22. The summed E-state index contributed by atoms with van der Waals surface area (Å²) in [5.74, 6) is -0.578. The van der Waals surface area contributed by atoms with Crippen molar-refractivity contribution in [2.24, 2.45) is 0 Å². The summed E-state index contributed by atoms with van der Waals surface area (Å²) >= 11 is 0. The van der Waals surface area contributed by atoms with Crippen molar-refractivity contribution in [1.29, 1.82) is 5.26 Å². The molecule has 0 saturated carbocycles. The van der Waals surface area contributed by atoms with Gasteiger partial charge in [-0.2, -0.15) is 9.57 Å². The number of carbonyl (C=O) groups is 1. The Morgan fingerprint density at radius 3 is 2.10 bits per heavy atom. The van der Waals surface area contributed by atoms with Crippen molar-refractivity contribution in [3.05, 3.63) is 54.1 Å². The van der Waals surface area contributed by atoms with E-state index in [4.69, 9.17) is 5.11 Å². The third-order valence-corrected chi connectivity index (χ3v) is 7.13. The average molecular weight is 429 g/mol. The molecule has 1 fully saturated rings. The highest BCUT2D eigenvalue weighted by molar-refractivity contribution is 7.89. The predicted octanol–water partition coefficient (Wildman–Crippen LogP) is 2.16. The van der Waals surface area contributed by atoms with Crippen LogP contribution in [0.2, 0.25) is 0 Å². The Labute approximate surface area is 176 Å². The SMILES string of the molecule is CN1CCN(S(=O)(=O)c2ccc(-c3ccc(C(C#N)CNC(=O)O)cc3)cc2)CC1. The van der Waals surface area contributed by atoms with Gasteiger partial charge in [-0.15, -0.1) is 0 Å². The quantitative estimate of drug-likeness (QED) is 0.729. The molecule has 1 aliphatic heterocycles. The standard InChI is InChI=1S/C21H24N4O4S/c1-24-10-12-25(13-11-24)30(28,29)20-8-6-17(7-9-20)16-2-4-18(5-3-16)19(14-22)15-23-21(26)27/h2-9,19,23H,10-13,15H2,1H3,(H,26,27). The van der Waals surface area contributed by atoms with Crippen LogP contribution in [0.25, 0.3) is 11.1 Å². The third-order valence-electron chi connectivity index (χ3n) is 5.21. The van der Waals surface area contributed by atoms with Gasteiger partial charge >= 0.3 is 6.09 Å². The maximum atomic E-state index is 12.8. The molecule has 158 valence electrons. The van der Waals surface area contributed by atoms with E-state index in [2.05, 4.69) is 16.3 Å². The molecule has 2 aromatic carbocycles. The molecule has 2 aromatic rings. The van der Waals surface area contributed by atoms with Crippen molar-refractivity contribution in [2.45, 2.75) is 10.8 Å². The maximum absolute atomic E-state index is 12.8. The van der Waals surface area contributed by atoms with Crippen molar-refractivity contribution >= 4 is 16.1 Å². The molecule has 30 heavy (non-hydrogen) atoms. The topological polar surface area (TPSA) is 114 Å². The van der Waals surface area contributed by atoms with Gasteiger partial charge in [0.25, 0.3) is 0 Å². The highest BCUT2D eigenvalue weighted by Gasteiger charge is 2.27. The number of nitrogens with zero attached hydrogens (tertiary/aromatic N) is 3. The van der Waals surface area contributed by atoms with E-state index in [1.807, 2.05) is 19.2 Å². The van der Waals surface area contributed by atoms with E-state index in [9.17, 15) is 18.5 Å². The molecule has 1 unspecified atom stereocenters. The number of nitriles is 1. The first-order chi connectivity index (χ1) is 14.3. The summed E-state index contributed by atoms with van der Waals surface area (Å²) in [5, 5.41) is 20.2. The molecular weight excluding hydrogens is 404 g/mol. The molecular formula is C21H24N4O4S. The van der Waals surface area contributed by atoms with E-state index in [1.54, 1.807) is 36.4 Å². The highest BCUT2D eigenvalue weighted by Crippen LogP contribution is 2.25. The van der Waals surface area contributed by atoms with Crippen molar-refractivity contribution < 1.29 is 18.3 Å². The summed E-state index contributed by atoms with van der Waals surface area (Å²) in [4.78, 5) is 13.0. The largest absolute Gasteiger partial charge is 0.465 e. The van der Waals surface area contributed by atoms with E-state index < -0.39 is 22.0 Å². The minimum absolute atomic E-state index is 0.0179. The monoisotopic (exact) mass is 428 g/mol. The van der Waals surface area contributed by atoms with Crippen molar-refractivity contribution in [2.75, 3.05) is 39.8 Å². The summed E-state index contributed by atoms with van der Waals surface area (Å²) in [6.45, 7) is 2.42. The van der Waals surface area contributed by atoms with Gasteiger partial charge in [0.05, 0.1) is 16.9 Å². The molecule has 0 aliphatic carbocycles. The fourth-order valence-electron chi connectivity index (χ4n) is 3.33. The minimum atomic E-state index is -3.50. The average Bonchev–Trinajstić information content (AvgIpc) is 2.75. The van der Waals surface area contributed by atoms with Gasteiger partial charge in [-0.1, -0.05) is 36.4 Å². The third kappa shape index (κ3) is 4.97. The fourth-order valence-corrected chi connectivity index (χ4v) is 4.75. The first-order valence-electron chi connectivity index (χ1n) is 9.57. The number of piperazine rings is 1. The van der Waals surface area contributed by atoms with Crippen LogP contribution in [0, 0.1) is 11.3 Å². The van der Waals surface area contributed by atoms with Crippen LogP contribution in [0.3, 0.4) is 0 Å². The lowest BCUT2D eigenvalue weighted by Gasteiger charge is -2.31. The summed E-state index contributed by atoms with van der Waals surface area (Å²) in [7, 11) is -1.53. The van der Waals surface area contributed by atoms with Crippen LogP contribution in [0.15, 0.2) is 53.4 Å². The van der Waals surface area contributed by atoms with Crippen LogP contribution >= 0.6 is 0 Å². The van der Waals surface area contributed by atoms with Gasteiger partial charge in [-0.05, 0) is 35.9 Å². The van der Waals surface area contributed by atoms with E-state index in [1.165, 1.54) is 4.31 Å². The van der Waals surface area contributed by atoms with Gasteiger partial charge in [0.15, 0.2) is 0 Å². The van der Waals surface area contributed by atoms with Gasteiger partial charge in [0.1, 0.15) is 0 Å². The highest BCUT2D eigenvalue weighted by atomic mass is 32.2. The molecule has 0 aromatic heterocycles. The van der Waals surface area contributed by atoms with Crippen LogP contribution in [0.5, 0.6) is 0 Å². The van der Waals surface area contributed by atoms with Gasteiger partial charge in [0, 0.05) is 32.7 Å². The van der Waals surface area contributed by atoms with Crippen LogP contribution in [-0.2, 0) is 10.0 Å². The number of rotatable bonds is 6. The summed E-state index contributed by atoms with van der Waals surface area (Å²) < 4.78 is 27.2. The van der Waals surface area contributed by atoms with Crippen molar-refractivity contribution in [1.82, 2.24) is 14.5 Å². The summed E-state index contributed by atoms with van der Waals surface area (Å²) in [6, 6.07) is 16.1. The molecule has 1 atom stereocenters. The lowest BCUT2D eigenvalue weighted by atomic mass is 9.97. The number of benzene rings is 2. The molecule has 3 rings (SSSR count). The zero-order valence-corrected chi connectivity index (χ0v) is 17.5. The molecule has 1 heterocycles. The Morgan fingerprint density at radius 2 is 1.60 bits per heavy atom. The lowest BCUT2D eigenvalue weighted by molar-refractivity contribution is 0.194.